The van der Waals surface area contributed by atoms with Crippen LogP contribution in [-0.4, -0.2) is 79.9 Å². The summed E-state index contributed by atoms with van der Waals surface area (Å²) in [4.78, 5) is 19.2. The molecule has 3 aromatic rings. The van der Waals surface area contributed by atoms with Crippen LogP contribution in [0.15, 0.2) is 29.3 Å². The van der Waals surface area contributed by atoms with Crippen molar-refractivity contribution in [2.24, 2.45) is 0 Å². The highest BCUT2D eigenvalue weighted by atomic mass is 32.2. The quantitative estimate of drug-likeness (QED) is 0.423. The van der Waals surface area contributed by atoms with Gasteiger partial charge in [0, 0.05) is 42.8 Å². The topological polar surface area (TPSA) is 104 Å². The maximum absolute atomic E-state index is 13.9. The van der Waals surface area contributed by atoms with Crippen molar-refractivity contribution in [2.75, 3.05) is 48.8 Å². The third kappa shape index (κ3) is 5.22. The predicted molar refractivity (Wildman–Crippen MR) is 146 cm³/mol. The number of rotatable bonds is 7. The van der Waals surface area contributed by atoms with Gasteiger partial charge in [-0.2, -0.15) is 13.2 Å². The molecule has 3 aliphatic heterocycles. The van der Waals surface area contributed by atoms with Crippen molar-refractivity contribution < 1.29 is 27.2 Å². The number of anilines is 3. The summed E-state index contributed by atoms with van der Waals surface area (Å²) in [6.07, 6.45) is -2.23. The first-order valence-electron chi connectivity index (χ1n) is 13.2. The van der Waals surface area contributed by atoms with Gasteiger partial charge in [-0.1, -0.05) is 6.92 Å². The van der Waals surface area contributed by atoms with Gasteiger partial charge in [-0.05, 0) is 31.0 Å². The summed E-state index contributed by atoms with van der Waals surface area (Å²) in [6, 6.07) is 6.06. The minimum atomic E-state index is -4.66. The lowest BCUT2D eigenvalue weighted by atomic mass is 10.2. The summed E-state index contributed by atoms with van der Waals surface area (Å²) >= 11 is 1.11. The number of nitrogens with zero attached hydrogens (tertiary/aromatic N) is 5. The third-order valence-corrected chi connectivity index (χ3v) is 10.2. The molecule has 2 fully saturated rings. The zero-order valence-corrected chi connectivity index (χ0v) is 23.4. The Morgan fingerprint density at radius 2 is 2.10 bits per heavy atom. The number of hydrogen-bond donors (Lipinski definition) is 2. The summed E-state index contributed by atoms with van der Waals surface area (Å²) < 4.78 is 59.9. The number of aliphatic hydroxyl groups excluding tert-OH is 1. The highest BCUT2D eigenvalue weighted by molar-refractivity contribution is 7.85. The Morgan fingerprint density at radius 3 is 2.83 bits per heavy atom. The zero-order chi connectivity index (χ0) is 28.0. The number of fused-ring (bicyclic) bond motifs is 3. The van der Waals surface area contributed by atoms with Crippen LogP contribution in [0.2, 0.25) is 0 Å². The van der Waals surface area contributed by atoms with Gasteiger partial charge in [-0.15, -0.1) is 11.3 Å². The molecule has 214 valence electrons. The fraction of sp³-hybridized carbons (Fsp3) is 0.500. The van der Waals surface area contributed by atoms with Crippen LogP contribution in [0.3, 0.4) is 0 Å². The molecule has 0 aliphatic carbocycles. The first-order chi connectivity index (χ1) is 19.2. The van der Waals surface area contributed by atoms with Crippen LogP contribution in [0.5, 0.6) is 0 Å². The van der Waals surface area contributed by atoms with E-state index < -0.39 is 22.5 Å². The van der Waals surface area contributed by atoms with Gasteiger partial charge in [0.1, 0.15) is 11.4 Å². The number of halogens is 3. The molecular weight excluding hydrogens is 565 g/mol. The van der Waals surface area contributed by atoms with Crippen LogP contribution in [0.25, 0.3) is 10.6 Å². The molecule has 6 heterocycles. The number of thiophene rings is 1. The van der Waals surface area contributed by atoms with Crippen molar-refractivity contribution >= 4 is 39.6 Å². The standard InChI is InChI=1S/C26H29F3N6O3S2/c1-2-18-19(3-4-23(31-18)35-13-15-9-16(35)12-34(15)5-6-36)32-25-30-11-17(26(27,28)29)24(33-25)20-10-22-21(39-20)14-38-7-8-40(22)37/h3-4,10-11,15-16,36H,2,5-9,12-14H2,1H3,(H,30,32,33). The summed E-state index contributed by atoms with van der Waals surface area (Å²) in [5, 5.41) is 12.4. The molecule has 2 N–H and O–H groups in total. The molecule has 2 bridgehead atoms. The van der Waals surface area contributed by atoms with E-state index in [4.69, 9.17) is 9.72 Å². The molecule has 0 amide bonds. The maximum atomic E-state index is 13.9. The first-order valence-corrected chi connectivity index (χ1v) is 15.3. The van der Waals surface area contributed by atoms with E-state index in [1.807, 2.05) is 19.1 Å². The minimum Gasteiger partial charge on any atom is -0.395 e. The normalized spacial score (nSPS) is 22.9. The van der Waals surface area contributed by atoms with Gasteiger partial charge in [0.25, 0.3) is 0 Å². The van der Waals surface area contributed by atoms with Crippen LogP contribution in [0, 0.1) is 0 Å². The molecule has 3 atom stereocenters. The van der Waals surface area contributed by atoms with Gasteiger partial charge in [-0.3, -0.25) is 9.11 Å². The largest absolute Gasteiger partial charge is 0.420 e. The number of hydrogen-bond acceptors (Lipinski definition) is 10. The van der Waals surface area contributed by atoms with Gasteiger partial charge >= 0.3 is 6.18 Å². The van der Waals surface area contributed by atoms with E-state index in [-0.39, 0.29) is 29.7 Å². The lowest BCUT2D eigenvalue weighted by Crippen LogP contribution is -2.47. The molecule has 0 radical (unpaired) electrons. The fourth-order valence-electron chi connectivity index (χ4n) is 5.65. The van der Waals surface area contributed by atoms with Crippen LogP contribution >= 0.6 is 11.3 Å². The van der Waals surface area contributed by atoms with Gasteiger partial charge < -0.3 is 20.1 Å². The Labute approximate surface area is 235 Å². The number of nitrogens with one attached hydrogen (secondary N) is 1. The lowest BCUT2D eigenvalue weighted by Gasteiger charge is -2.34. The van der Waals surface area contributed by atoms with E-state index >= 15 is 0 Å². The van der Waals surface area contributed by atoms with Crippen molar-refractivity contribution in [2.45, 2.75) is 49.5 Å². The van der Waals surface area contributed by atoms with Crippen LogP contribution in [-0.2, 0) is 34.7 Å². The molecule has 2 saturated heterocycles. The summed E-state index contributed by atoms with van der Waals surface area (Å²) in [6.45, 7) is 5.09. The molecule has 14 heteroatoms. The van der Waals surface area contributed by atoms with Crippen molar-refractivity contribution in [3.05, 3.63) is 40.5 Å². The van der Waals surface area contributed by atoms with Gasteiger partial charge in [0.05, 0.1) is 63.2 Å². The minimum absolute atomic E-state index is 0.0214. The molecule has 0 aromatic carbocycles. The maximum Gasteiger partial charge on any atom is 0.420 e. The Bertz CT molecular complexity index is 1440. The number of aryl methyl sites for hydroxylation is 1. The fourth-order valence-corrected chi connectivity index (χ4v) is 8.18. The molecule has 3 aromatic heterocycles. The van der Waals surface area contributed by atoms with E-state index in [0.717, 1.165) is 48.6 Å². The summed E-state index contributed by atoms with van der Waals surface area (Å²) in [7, 11) is -1.34. The second-order valence-electron chi connectivity index (χ2n) is 10.0. The first kappa shape index (κ1) is 27.5. The monoisotopic (exact) mass is 594 g/mol. The number of aromatic nitrogens is 3. The summed E-state index contributed by atoms with van der Waals surface area (Å²) in [5.74, 6) is 1.19. The van der Waals surface area contributed by atoms with E-state index in [9.17, 15) is 22.5 Å². The van der Waals surface area contributed by atoms with Gasteiger partial charge in [0.2, 0.25) is 5.95 Å². The van der Waals surface area contributed by atoms with E-state index in [1.54, 1.807) is 0 Å². The smallest absolute Gasteiger partial charge is 0.395 e. The van der Waals surface area contributed by atoms with Crippen molar-refractivity contribution in [3.63, 3.8) is 0 Å². The Kier molecular flexibility index (Phi) is 7.55. The second-order valence-corrected chi connectivity index (χ2v) is 12.7. The van der Waals surface area contributed by atoms with E-state index in [0.29, 0.717) is 52.9 Å². The van der Waals surface area contributed by atoms with Crippen LogP contribution < -0.4 is 10.2 Å². The summed E-state index contributed by atoms with van der Waals surface area (Å²) in [5.41, 5.74) is 0.167. The van der Waals surface area contributed by atoms with E-state index in [2.05, 4.69) is 25.1 Å². The number of pyridine rings is 1. The van der Waals surface area contributed by atoms with Crippen LogP contribution in [0.1, 0.15) is 29.5 Å². The SMILES string of the molecule is CCc1nc(N2CC3CC2CN3CCO)ccc1Nc1ncc(C(F)(F)F)c(-c2cc3c(s2)COCCS3=O)n1. The van der Waals surface area contributed by atoms with Gasteiger partial charge in [0.15, 0.2) is 0 Å². The number of aliphatic hydroxyl groups is 1. The predicted octanol–water partition coefficient (Wildman–Crippen LogP) is 3.82. The molecule has 40 heavy (non-hydrogen) atoms. The number of piperazine rings is 1. The zero-order valence-electron chi connectivity index (χ0n) is 21.8. The third-order valence-electron chi connectivity index (χ3n) is 7.57. The average molecular weight is 595 g/mol. The molecule has 9 nitrogen and oxygen atoms in total. The van der Waals surface area contributed by atoms with Crippen molar-refractivity contribution in [3.8, 4) is 10.6 Å². The second kappa shape index (κ2) is 11.0. The molecule has 0 spiro atoms. The van der Waals surface area contributed by atoms with Crippen LogP contribution in [0.4, 0.5) is 30.6 Å². The molecule has 3 aliphatic rings. The Balaban J connectivity index is 1.28. The molecule has 0 saturated carbocycles. The highest BCUT2D eigenvalue weighted by Gasteiger charge is 2.43. The van der Waals surface area contributed by atoms with E-state index in [1.165, 1.54) is 6.07 Å². The lowest BCUT2D eigenvalue weighted by molar-refractivity contribution is -0.137. The molecule has 3 unspecified atom stereocenters. The Morgan fingerprint density at radius 1 is 1.25 bits per heavy atom. The number of ether oxygens (including phenoxy) is 1. The van der Waals surface area contributed by atoms with Crippen molar-refractivity contribution in [1.82, 2.24) is 19.9 Å². The molecular formula is C26H29F3N6O3S2. The van der Waals surface area contributed by atoms with Gasteiger partial charge in [-0.25, -0.2) is 15.0 Å². The Hall–Kier alpha value is -2.65. The average Bonchev–Trinajstić information content (AvgIpc) is 3.63. The number of β-amino-alcohol motifs (C(OH)–C–C–N with tert-alkyl or cyclic N) is 1. The number of likely N-dealkylation sites (tertiary alicyclic amines) is 1. The van der Waals surface area contributed by atoms with Crippen molar-refractivity contribution in [1.29, 1.82) is 0 Å². The molecule has 6 rings (SSSR count). The number of alkyl halides is 3. The highest BCUT2D eigenvalue weighted by Crippen LogP contribution is 2.41.